The van der Waals surface area contributed by atoms with E-state index in [1.165, 1.54) is 34.2 Å². The zero-order chi connectivity index (χ0) is 18.5. The van der Waals surface area contributed by atoms with Crippen LogP contribution in [0.15, 0.2) is 34.9 Å². The summed E-state index contributed by atoms with van der Waals surface area (Å²) in [6.45, 7) is 4.43. The zero-order valence-corrected chi connectivity index (χ0v) is 16.4. The molecule has 3 rings (SSSR count). The molecule has 136 valence electrons. The zero-order valence-electron chi connectivity index (χ0n) is 14.7. The fourth-order valence-corrected chi connectivity index (χ4v) is 3.39. The summed E-state index contributed by atoms with van der Waals surface area (Å²) in [6, 6.07) is 5.98. The van der Waals surface area contributed by atoms with Crippen LogP contribution in [-0.2, 0) is 18.4 Å². The first kappa shape index (κ1) is 18.4. The number of nitrogens with zero attached hydrogens (tertiary/aromatic N) is 4. The maximum Gasteiger partial charge on any atom is 0.236 e. The van der Waals surface area contributed by atoms with E-state index >= 15 is 0 Å². The summed E-state index contributed by atoms with van der Waals surface area (Å²) in [6.07, 6.45) is 1.65. The highest BCUT2D eigenvalue weighted by molar-refractivity contribution is 7.99. The number of thioether (sulfide) groups is 1. The molecule has 2 heterocycles. The molecule has 0 unspecified atom stereocenters. The van der Waals surface area contributed by atoms with Crippen LogP contribution >= 0.6 is 23.1 Å². The van der Waals surface area contributed by atoms with E-state index in [0.29, 0.717) is 22.7 Å². The SMILES string of the molecule is Cc1ccc(OCc2nnc(SCC(=O)Nc3nccs3)n2C)cc1C. The molecule has 0 radical (unpaired) electrons. The Balaban J connectivity index is 1.53. The molecule has 0 spiro atoms. The lowest BCUT2D eigenvalue weighted by atomic mass is 10.1. The van der Waals surface area contributed by atoms with Gasteiger partial charge in [-0.2, -0.15) is 0 Å². The summed E-state index contributed by atoms with van der Waals surface area (Å²) >= 11 is 2.71. The van der Waals surface area contributed by atoms with Crippen LogP contribution in [-0.4, -0.2) is 31.4 Å². The minimum atomic E-state index is -0.124. The van der Waals surface area contributed by atoms with Crippen LogP contribution in [0.5, 0.6) is 5.75 Å². The van der Waals surface area contributed by atoms with E-state index in [2.05, 4.69) is 34.3 Å². The number of hydrogen-bond acceptors (Lipinski definition) is 7. The summed E-state index contributed by atoms with van der Waals surface area (Å²) in [7, 11) is 1.86. The number of rotatable bonds is 7. The number of carbonyl (C=O) groups excluding carboxylic acids is 1. The van der Waals surface area contributed by atoms with E-state index in [0.717, 1.165) is 5.75 Å². The van der Waals surface area contributed by atoms with Crippen molar-refractivity contribution in [3.8, 4) is 5.75 Å². The first-order valence-corrected chi connectivity index (χ1v) is 9.80. The van der Waals surface area contributed by atoms with Gasteiger partial charge in [-0.25, -0.2) is 4.98 Å². The summed E-state index contributed by atoms with van der Waals surface area (Å²) in [5.74, 6) is 1.61. The van der Waals surface area contributed by atoms with Crippen molar-refractivity contribution in [3.63, 3.8) is 0 Å². The average Bonchev–Trinajstić information content (AvgIpc) is 3.24. The van der Waals surface area contributed by atoms with E-state index in [4.69, 9.17) is 4.74 Å². The number of benzene rings is 1. The number of carbonyl (C=O) groups is 1. The van der Waals surface area contributed by atoms with E-state index in [1.807, 2.05) is 35.2 Å². The maximum absolute atomic E-state index is 11.9. The molecule has 1 N–H and O–H groups in total. The van der Waals surface area contributed by atoms with Crippen molar-refractivity contribution < 1.29 is 9.53 Å². The maximum atomic E-state index is 11.9. The van der Waals surface area contributed by atoms with Crippen LogP contribution in [0.3, 0.4) is 0 Å². The van der Waals surface area contributed by atoms with Gasteiger partial charge in [0.25, 0.3) is 0 Å². The van der Waals surface area contributed by atoms with E-state index in [1.54, 1.807) is 6.20 Å². The summed E-state index contributed by atoms with van der Waals surface area (Å²) < 4.78 is 7.63. The molecule has 1 amide bonds. The second-order valence-corrected chi connectivity index (χ2v) is 7.50. The van der Waals surface area contributed by atoms with Crippen LogP contribution in [0.1, 0.15) is 17.0 Å². The molecule has 0 saturated carbocycles. The van der Waals surface area contributed by atoms with Gasteiger partial charge in [-0.05, 0) is 37.1 Å². The molecule has 1 aromatic carbocycles. The lowest BCUT2D eigenvalue weighted by molar-refractivity contribution is -0.113. The minimum Gasteiger partial charge on any atom is -0.486 e. The van der Waals surface area contributed by atoms with Crippen LogP contribution in [0.4, 0.5) is 5.13 Å². The summed E-state index contributed by atoms with van der Waals surface area (Å²) in [5, 5.41) is 14.1. The highest BCUT2D eigenvalue weighted by atomic mass is 32.2. The molecule has 0 aliphatic heterocycles. The van der Waals surface area contributed by atoms with Crippen LogP contribution in [0, 0.1) is 13.8 Å². The van der Waals surface area contributed by atoms with Gasteiger partial charge < -0.3 is 14.6 Å². The molecule has 26 heavy (non-hydrogen) atoms. The molecular formula is C17H19N5O2S2. The number of ether oxygens (including phenoxy) is 1. The molecule has 0 bridgehead atoms. The minimum absolute atomic E-state index is 0.124. The van der Waals surface area contributed by atoms with Crippen molar-refractivity contribution in [2.24, 2.45) is 7.05 Å². The largest absolute Gasteiger partial charge is 0.486 e. The Kier molecular flexibility index (Phi) is 5.89. The molecule has 0 aliphatic carbocycles. The second-order valence-electron chi connectivity index (χ2n) is 5.67. The standard InChI is InChI=1S/C17H19N5O2S2/c1-11-4-5-13(8-12(11)2)24-9-14-20-21-17(22(14)3)26-10-15(23)19-16-18-6-7-25-16/h4-8H,9-10H2,1-3H3,(H,18,19,23). The summed E-state index contributed by atoms with van der Waals surface area (Å²) in [4.78, 5) is 15.9. The third-order valence-electron chi connectivity index (χ3n) is 3.78. The normalized spacial score (nSPS) is 10.7. The number of hydrogen-bond donors (Lipinski definition) is 1. The molecule has 0 aliphatic rings. The summed E-state index contributed by atoms with van der Waals surface area (Å²) in [5.41, 5.74) is 2.41. The van der Waals surface area contributed by atoms with Gasteiger partial charge in [0.2, 0.25) is 5.91 Å². The van der Waals surface area contributed by atoms with Gasteiger partial charge in [0.15, 0.2) is 16.1 Å². The smallest absolute Gasteiger partial charge is 0.236 e. The number of amides is 1. The third-order valence-corrected chi connectivity index (χ3v) is 5.49. The topological polar surface area (TPSA) is 81.9 Å². The molecule has 3 aromatic rings. The monoisotopic (exact) mass is 389 g/mol. The van der Waals surface area contributed by atoms with Gasteiger partial charge in [-0.15, -0.1) is 21.5 Å². The quantitative estimate of drug-likeness (QED) is 0.625. The Hall–Kier alpha value is -2.39. The van der Waals surface area contributed by atoms with E-state index in [-0.39, 0.29) is 11.7 Å². The third kappa shape index (κ3) is 4.61. The fraction of sp³-hybridized carbons (Fsp3) is 0.294. The highest BCUT2D eigenvalue weighted by Gasteiger charge is 2.12. The van der Waals surface area contributed by atoms with Crippen LogP contribution in [0.2, 0.25) is 0 Å². The Bertz CT molecular complexity index is 893. The van der Waals surface area contributed by atoms with Crippen LogP contribution < -0.4 is 10.1 Å². The van der Waals surface area contributed by atoms with E-state index < -0.39 is 0 Å². The molecule has 0 saturated heterocycles. The van der Waals surface area contributed by atoms with Crippen molar-refractivity contribution in [1.82, 2.24) is 19.7 Å². The number of aryl methyl sites for hydroxylation is 2. The van der Waals surface area contributed by atoms with Crippen molar-refractivity contribution >= 4 is 34.1 Å². The molecule has 2 aromatic heterocycles. The predicted molar refractivity (Wildman–Crippen MR) is 103 cm³/mol. The van der Waals surface area contributed by atoms with Gasteiger partial charge in [0.05, 0.1) is 5.75 Å². The Morgan fingerprint density at radius 1 is 1.31 bits per heavy atom. The van der Waals surface area contributed by atoms with Crippen molar-refractivity contribution in [2.45, 2.75) is 25.6 Å². The lowest BCUT2D eigenvalue weighted by Gasteiger charge is -2.08. The Morgan fingerprint density at radius 2 is 2.15 bits per heavy atom. The van der Waals surface area contributed by atoms with Gasteiger partial charge in [-0.3, -0.25) is 4.79 Å². The second kappa shape index (κ2) is 8.33. The lowest BCUT2D eigenvalue weighted by Crippen LogP contribution is -2.14. The van der Waals surface area contributed by atoms with Crippen molar-refractivity contribution in [2.75, 3.05) is 11.1 Å². The fourth-order valence-electron chi connectivity index (χ4n) is 2.12. The molecular weight excluding hydrogens is 370 g/mol. The van der Waals surface area contributed by atoms with Crippen molar-refractivity contribution in [3.05, 3.63) is 46.7 Å². The van der Waals surface area contributed by atoms with Crippen molar-refractivity contribution in [1.29, 1.82) is 0 Å². The van der Waals surface area contributed by atoms with Crippen LogP contribution in [0.25, 0.3) is 0 Å². The number of thiazole rings is 1. The number of aromatic nitrogens is 4. The van der Waals surface area contributed by atoms with Gasteiger partial charge in [-0.1, -0.05) is 17.8 Å². The predicted octanol–water partition coefficient (Wildman–Crippen LogP) is 3.20. The first-order chi connectivity index (χ1) is 12.5. The molecule has 0 atom stereocenters. The van der Waals surface area contributed by atoms with Gasteiger partial charge in [0, 0.05) is 18.6 Å². The highest BCUT2D eigenvalue weighted by Crippen LogP contribution is 2.20. The van der Waals surface area contributed by atoms with E-state index in [9.17, 15) is 4.79 Å². The first-order valence-electron chi connectivity index (χ1n) is 7.93. The molecule has 9 heteroatoms. The average molecular weight is 390 g/mol. The molecule has 7 nitrogen and oxygen atoms in total. The van der Waals surface area contributed by atoms with Gasteiger partial charge in [0.1, 0.15) is 12.4 Å². The van der Waals surface area contributed by atoms with Gasteiger partial charge >= 0.3 is 0 Å². The Labute approximate surface area is 159 Å². The number of nitrogens with one attached hydrogen (secondary N) is 1. The Morgan fingerprint density at radius 3 is 2.88 bits per heavy atom. The number of anilines is 1. The molecule has 0 fully saturated rings.